The zero-order valence-corrected chi connectivity index (χ0v) is 37.1. The number of aliphatic hydroxyl groups excluding tert-OH is 4. The maximum Gasteiger partial charge on any atom is 0.306 e. The quantitative estimate of drug-likeness (QED) is 0.0267. The first-order valence-electron chi connectivity index (χ1n) is 23.9. The van der Waals surface area contributed by atoms with Crippen LogP contribution in [-0.2, 0) is 28.5 Å². The number of hydrogen-bond donors (Lipinski definition) is 4. The van der Waals surface area contributed by atoms with E-state index < -0.39 is 49.4 Å². The lowest BCUT2D eigenvalue weighted by molar-refractivity contribution is -0.305. The monoisotopic (exact) mass is 825 g/mol. The van der Waals surface area contributed by atoms with Gasteiger partial charge in [-0.05, 0) is 64.2 Å². The van der Waals surface area contributed by atoms with Crippen LogP contribution >= 0.6 is 0 Å². The van der Waals surface area contributed by atoms with Gasteiger partial charge in [0.25, 0.3) is 0 Å². The van der Waals surface area contributed by atoms with E-state index in [1.807, 2.05) is 0 Å². The van der Waals surface area contributed by atoms with Gasteiger partial charge >= 0.3 is 11.9 Å². The molecular weight excluding hydrogens is 737 g/mol. The van der Waals surface area contributed by atoms with Crippen LogP contribution in [0.3, 0.4) is 0 Å². The van der Waals surface area contributed by atoms with E-state index >= 15 is 0 Å². The van der Waals surface area contributed by atoms with E-state index in [9.17, 15) is 30.0 Å². The van der Waals surface area contributed by atoms with Gasteiger partial charge in [-0.25, -0.2) is 0 Å². The van der Waals surface area contributed by atoms with E-state index in [1.165, 1.54) is 122 Å². The molecule has 0 radical (unpaired) electrons. The molecule has 0 aromatic rings. The lowest BCUT2D eigenvalue weighted by Gasteiger charge is -2.39. The second-order valence-electron chi connectivity index (χ2n) is 16.6. The Morgan fingerprint density at radius 2 is 0.914 bits per heavy atom. The number of esters is 2. The minimum atomic E-state index is -1.59. The first kappa shape index (κ1) is 54.2. The summed E-state index contributed by atoms with van der Waals surface area (Å²) in [6, 6.07) is 0. The average molecular weight is 825 g/mol. The second-order valence-corrected chi connectivity index (χ2v) is 16.6. The second kappa shape index (κ2) is 39.3. The third-order valence-corrected chi connectivity index (χ3v) is 11.1. The van der Waals surface area contributed by atoms with Crippen molar-refractivity contribution in [2.24, 2.45) is 0 Å². The molecule has 6 unspecified atom stereocenters. The SMILES string of the molecule is CCCCCCC/C=C\CCCCCCCC(=O)OCC(COC1OC(CO)C(O)C(O)C1O)OC(=O)CCCCCCCCCCC/C=C\CCCCCCCC. The molecule has 1 aliphatic rings. The zero-order valence-electron chi connectivity index (χ0n) is 37.1. The molecule has 1 saturated heterocycles. The number of unbranched alkanes of at least 4 members (excludes halogenated alkanes) is 25. The summed E-state index contributed by atoms with van der Waals surface area (Å²) in [6.45, 7) is 3.42. The topological polar surface area (TPSA) is 152 Å². The van der Waals surface area contributed by atoms with E-state index in [0.29, 0.717) is 6.42 Å². The van der Waals surface area contributed by atoms with E-state index in [-0.39, 0.29) is 32.0 Å². The first-order chi connectivity index (χ1) is 28.3. The molecule has 0 saturated carbocycles. The average Bonchev–Trinajstić information content (AvgIpc) is 3.22. The normalized spacial score (nSPS) is 20.3. The van der Waals surface area contributed by atoms with Crippen LogP contribution < -0.4 is 0 Å². The van der Waals surface area contributed by atoms with Gasteiger partial charge in [-0.1, -0.05) is 160 Å². The minimum absolute atomic E-state index is 0.220. The van der Waals surface area contributed by atoms with Crippen LogP contribution in [0.4, 0.5) is 0 Å². The van der Waals surface area contributed by atoms with Crippen molar-refractivity contribution in [1.29, 1.82) is 0 Å². The Morgan fingerprint density at radius 1 is 0.517 bits per heavy atom. The van der Waals surface area contributed by atoms with Gasteiger partial charge in [0.15, 0.2) is 12.4 Å². The third kappa shape index (κ3) is 30.2. The van der Waals surface area contributed by atoms with Crippen molar-refractivity contribution >= 4 is 11.9 Å². The van der Waals surface area contributed by atoms with Gasteiger partial charge < -0.3 is 39.4 Å². The Bertz CT molecular complexity index is 1000. The summed E-state index contributed by atoms with van der Waals surface area (Å²) in [4.78, 5) is 25.4. The summed E-state index contributed by atoms with van der Waals surface area (Å²) < 4.78 is 22.2. The fourth-order valence-electron chi connectivity index (χ4n) is 7.24. The molecule has 340 valence electrons. The summed E-state index contributed by atoms with van der Waals surface area (Å²) in [5.74, 6) is -0.812. The molecule has 1 fully saturated rings. The smallest absolute Gasteiger partial charge is 0.306 e. The molecule has 1 rings (SSSR count). The molecule has 10 heteroatoms. The molecule has 58 heavy (non-hydrogen) atoms. The number of hydrogen-bond acceptors (Lipinski definition) is 10. The van der Waals surface area contributed by atoms with Crippen molar-refractivity contribution in [1.82, 2.24) is 0 Å². The molecule has 1 aliphatic heterocycles. The summed E-state index contributed by atoms with van der Waals surface area (Å²) >= 11 is 0. The summed E-state index contributed by atoms with van der Waals surface area (Å²) in [5, 5.41) is 40.1. The van der Waals surface area contributed by atoms with E-state index in [4.69, 9.17) is 18.9 Å². The van der Waals surface area contributed by atoms with Crippen LogP contribution in [0, 0.1) is 0 Å². The van der Waals surface area contributed by atoms with Gasteiger partial charge in [-0.15, -0.1) is 0 Å². The first-order valence-corrected chi connectivity index (χ1v) is 23.9. The summed E-state index contributed by atoms with van der Waals surface area (Å²) in [5.41, 5.74) is 0. The summed E-state index contributed by atoms with van der Waals surface area (Å²) in [6.07, 6.45) is 36.1. The van der Waals surface area contributed by atoms with Crippen LogP contribution in [0.5, 0.6) is 0 Å². The Morgan fingerprint density at radius 3 is 1.34 bits per heavy atom. The van der Waals surface area contributed by atoms with Crippen molar-refractivity contribution in [2.45, 2.75) is 250 Å². The van der Waals surface area contributed by atoms with Gasteiger partial charge in [0.1, 0.15) is 31.0 Å². The van der Waals surface area contributed by atoms with Crippen molar-refractivity contribution in [3.05, 3.63) is 24.3 Å². The predicted octanol–water partition coefficient (Wildman–Crippen LogP) is 10.5. The lowest BCUT2D eigenvalue weighted by atomic mass is 9.99. The fraction of sp³-hybridized carbons (Fsp3) is 0.875. The Hall–Kier alpha value is -1.82. The number of rotatable bonds is 40. The van der Waals surface area contributed by atoms with Gasteiger partial charge in [0, 0.05) is 12.8 Å². The van der Waals surface area contributed by atoms with Crippen molar-refractivity contribution in [3.8, 4) is 0 Å². The number of aliphatic hydroxyl groups is 4. The minimum Gasteiger partial charge on any atom is -0.462 e. The zero-order chi connectivity index (χ0) is 42.3. The number of allylic oxidation sites excluding steroid dienone is 4. The van der Waals surface area contributed by atoms with E-state index in [0.717, 1.165) is 57.8 Å². The Balaban J connectivity index is 2.29. The number of carbonyl (C=O) groups is 2. The molecule has 4 N–H and O–H groups in total. The Kier molecular flexibility index (Phi) is 36.7. The third-order valence-electron chi connectivity index (χ3n) is 11.1. The highest BCUT2D eigenvalue weighted by molar-refractivity contribution is 5.70. The van der Waals surface area contributed by atoms with Crippen LogP contribution in [-0.4, -0.2) is 89.0 Å². The molecule has 0 aliphatic carbocycles. The molecule has 0 aromatic heterocycles. The standard InChI is InChI=1S/C48H88O10/c1-3-5-7-9-11-13-15-17-19-20-21-22-23-25-27-29-31-33-35-37-44(51)57-41(40-56-48-47(54)46(53)45(52)42(38-49)58-48)39-55-43(50)36-34-32-30-28-26-24-18-16-14-12-10-8-6-4-2/h16-19,41-42,45-49,52-54H,3-15,20-40H2,1-2H3/b18-16-,19-17-. The van der Waals surface area contributed by atoms with E-state index in [2.05, 4.69) is 38.2 Å². The molecular formula is C48H88O10. The molecule has 6 atom stereocenters. The van der Waals surface area contributed by atoms with Crippen LogP contribution in [0.1, 0.15) is 213 Å². The molecule has 0 amide bonds. The predicted molar refractivity (Wildman–Crippen MR) is 233 cm³/mol. The summed E-state index contributed by atoms with van der Waals surface area (Å²) in [7, 11) is 0. The molecule has 0 bridgehead atoms. The molecule has 0 spiro atoms. The van der Waals surface area contributed by atoms with Gasteiger partial charge in [-0.3, -0.25) is 9.59 Å². The van der Waals surface area contributed by atoms with E-state index in [1.54, 1.807) is 0 Å². The molecule has 1 heterocycles. The van der Waals surface area contributed by atoms with Gasteiger partial charge in [0.05, 0.1) is 13.2 Å². The number of carbonyl (C=O) groups excluding carboxylic acids is 2. The number of ether oxygens (including phenoxy) is 4. The van der Waals surface area contributed by atoms with Gasteiger partial charge in [-0.2, -0.15) is 0 Å². The molecule has 0 aromatic carbocycles. The highest BCUT2D eigenvalue weighted by atomic mass is 16.7. The lowest BCUT2D eigenvalue weighted by Crippen LogP contribution is -2.59. The maximum absolute atomic E-state index is 12.8. The van der Waals surface area contributed by atoms with Crippen LogP contribution in [0.2, 0.25) is 0 Å². The maximum atomic E-state index is 12.8. The van der Waals surface area contributed by atoms with Crippen molar-refractivity contribution < 1.29 is 49.0 Å². The van der Waals surface area contributed by atoms with Crippen molar-refractivity contribution in [3.63, 3.8) is 0 Å². The van der Waals surface area contributed by atoms with Crippen LogP contribution in [0.15, 0.2) is 24.3 Å². The molecule has 10 nitrogen and oxygen atoms in total. The largest absolute Gasteiger partial charge is 0.462 e. The fourth-order valence-corrected chi connectivity index (χ4v) is 7.24. The Labute approximate surface area is 353 Å². The van der Waals surface area contributed by atoms with Crippen LogP contribution in [0.25, 0.3) is 0 Å². The van der Waals surface area contributed by atoms with Crippen molar-refractivity contribution in [2.75, 3.05) is 19.8 Å². The van der Waals surface area contributed by atoms with Gasteiger partial charge in [0.2, 0.25) is 0 Å². The highest BCUT2D eigenvalue weighted by Gasteiger charge is 2.44. The highest BCUT2D eigenvalue weighted by Crippen LogP contribution is 2.23.